The van der Waals surface area contributed by atoms with E-state index in [0.29, 0.717) is 0 Å². The number of carbonyl (C=O) groups is 2. The molecule has 20 heavy (non-hydrogen) atoms. The third-order valence-electron chi connectivity index (χ3n) is 2.31. The summed E-state index contributed by atoms with van der Waals surface area (Å²) < 4.78 is 10.4. The Labute approximate surface area is 121 Å². The zero-order valence-corrected chi connectivity index (χ0v) is 13.4. The minimum Gasteiger partial charge on any atom is -0.460 e. The predicted octanol–water partition coefficient (Wildman–Crippen LogP) is 2.33. The normalized spacial score (nSPS) is 15.2. The van der Waals surface area contributed by atoms with Crippen LogP contribution < -0.4 is 5.73 Å². The van der Waals surface area contributed by atoms with E-state index in [1.54, 1.807) is 41.5 Å². The van der Waals surface area contributed by atoms with Crippen LogP contribution in [-0.2, 0) is 19.1 Å². The fraction of sp³-hybridized carbons (Fsp3) is 0.733. The van der Waals surface area contributed by atoms with Gasteiger partial charge < -0.3 is 15.2 Å². The molecule has 0 amide bonds. The molecule has 0 spiro atoms. The van der Waals surface area contributed by atoms with Gasteiger partial charge in [0, 0.05) is 6.42 Å². The van der Waals surface area contributed by atoms with E-state index in [1.165, 1.54) is 6.08 Å². The lowest BCUT2D eigenvalue weighted by atomic mass is 9.94. The van der Waals surface area contributed by atoms with Gasteiger partial charge in [-0.25, -0.2) is 4.79 Å². The van der Waals surface area contributed by atoms with Crippen molar-refractivity contribution in [3.63, 3.8) is 0 Å². The molecule has 0 saturated carbocycles. The largest absolute Gasteiger partial charge is 0.460 e. The molecule has 0 heterocycles. The Balaban J connectivity index is 4.64. The Bertz CT molecular complexity index is 376. The Kier molecular flexibility index (Phi) is 5.96. The fourth-order valence-corrected chi connectivity index (χ4v) is 1.36. The van der Waals surface area contributed by atoms with Gasteiger partial charge in [-0.15, -0.1) is 6.58 Å². The molecule has 0 aliphatic carbocycles. The maximum atomic E-state index is 12.0. The molecule has 0 aliphatic rings. The second kappa shape index (κ2) is 6.39. The summed E-state index contributed by atoms with van der Waals surface area (Å²) in [6, 6.07) is 0. The molecule has 0 aliphatic heterocycles. The highest BCUT2D eigenvalue weighted by molar-refractivity contribution is 5.84. The van der Waals surface area contributed by atoms with Crippen molar-refractivity contribution in [1.29, 1.82) is 0 Å². The third kappa shape index (κ3) is 7.28. The monoisotopic (exact) mass is 285 g/mol. The first kappa shape index (κ1) is 18.6. The second-order valence-corrected chi connectivity index (χ2v) is 6.83. The lowest BCUT2D eigenvalue weighted by Gasteiger charge is -2.29. The summed E-state index contributed by atoms with van der Waals surface area (Å²) in [5.74, 6) is -0.999. The standard InChI is InChI=1S/C15H27NO4/c1-8-15(16,12(18)20-14(5,6)7)10-9-11(17)19-13(2,3)4/h8H,1,9-10,16H2,2-7H3/t15-/m0/s1. The topological polar surface area (TPSA) is 78.6 Å². The van der Waals surface area contributed by atoms with Crippen LogP contribution in [0.3, 0.4) is 0 Å². The van der Waals surface area contributed by atoms with Crippen molar-refractivity contribution in [1.82, 2.24) is 0 Å². The SMILES string of the molecule is C=C[C@](N)(CCC(=O)OC(C)(C)C)C(=O)OC(C)(C)C. The summed E-state index contributed by atoms with van der Waals surface area (Å²) in [5, 5.41) is 0. The number of ether oxygens (including phenoxy) is 2. The van der Waals surface area contributed by atoms with Gasteiger partial charge in [0.25, 0.3) is 0 Å². The third-order valence-corrected chi connectivity index (χ3v) is 2.31. The van der Waals surface area contributed by atoms with E-state index < -0.39 is 28.7 Å². The van der Waals surface area contributed by atoms with E-state index in [0.717, 1.165) is 0 Å². The molecule has 0 radical (unpaired) electrons. The van der Waals surface area contributed by atoms with E-state index in [9.17, 15) is 9.59 Å². The summed E-state index contributed by atoms with van der Waals surface area (Å²) >= 11 is 0. The van der Waals surface area contributed by atoms with Crippen molar-refractivity contribution in [2.75, 3.05) is 0 Å². The van der Waals surface area contributed by atoms with Crippen LogP contribution in [0, 0.1) is 0 Å². The molecule has 0 bridgehead atoms. The first-order valence-corrected chi connectivity index (χ1v) is 6.67. The van der Waals surface area contributed by atoms with Crippen LogP contribution in [0.2, 0.25) is 0 Å². The Morgan fingerprint density at radius 1 is 1.05 bits per heavy atom. The first-order chi connectivity index (χ1) is 8.79. The Morgan fingerprint density at radius 2 is 1.50 bits per heavy atom. The van der Waals surface area contributed by atoms with Crippen LogP contribution >= 0.6 is 0 Å². The molecule has 5 heteroatoms. The Hall–Kier alpha value is -1.36. The summed E-state index contributed by atoms with van der Waals surface area (Å²) in [4.78, 5) is 23.7. The smallest absolute Gasteiger partial charge is 0.330 e. The molecule has 116 valence electrons. The van der Waals surface area contributed by atoms with E-state index in [1.807, 2.05) is 0 Å². The fourth-order valence-electron chi connectivity index (χ4n) is 1.36. The van der Waals surface area contributed by atoms with Crippen LogP contribution in [0.5, 0.6) is 0 Å². The highest BCUT2D eigenvalue weighted by atomic mass is 16.6. The Morgan fingerprint density at radius 3 is 1.85 bits per heavy atom. The molecular weight excluding hydrogens is 258 g/mol. The van der Waals surface area contributed by atoms with Gasteiger partial charge in [-0.2, -0.15) is 0 Å². The highest BCUT2D eigenvalue weighted by Crippen LogP contribution is 2.19. The van der Waals surface area contributed by atoms with Crippen molar-refractivity contribution in [2.24, 2.45) is 5.73 Å². The van der Waals surface area contributed by atoms with Crippen molar-refractivity contribution < 1.29 is 19.1 Å². The highest BCUT2D eigenvalue weighted by Gasteiger charge is 2.36. The van der Waals surface area contributed by atoms with E-state index in [-0.39, 0.29) is 12.8 Å². The molecule has 0 fully saturated rings. The molecule has 2 N–H and O–H groups in total. The molecule has 5 nitrogen and oxygen atoms in total. The number of hydrogen-bond donors (Lipinski definition) is 1. The number of rotatable bonds is 5. The second-order valence-electron chi connectivity index (χ2n) is 6.83. The van der Waals surface area contributed by atoms with Crippen LogP contribution in [0.1, 0.15) is 54.4 Å². The van der Waals surface area contributed by atoms with Crippen molar-refractivity contribution in [2.45, 2.75) is 71.1 Å². The molecule has 0 aromatic carbocycles. The van der Waals surface area contributed by atoms with Gasteiger partial charge in [-0.1, -0.05) is 6.08 Å². The van der Waals surface area contributed by atoms with Gasteiger partial charge in [0.1, 0.15) is 16.7 Å². The van der Waals surface area contributed by atoms with Crippen LogP contribution in [0.4, 0.5) is 0 Å². The summed E-state index contributed by atoms with van der Waals surface area (Å²) in [6.45, 7) is 14.2. The molecular formula is C15H27NO4. The van der Waals surface area contributed by atoms with Crippen molar-refractivity contribution in [3.8, 4) is 0 Å². The molecule has 0 aromatic heterocycles. The summed E-state index contributed by atoms with van der Waals surface area (Å²) in [6.07, 6.45) is 1.44. The number of esters is 2. The number of carbonyl (C=O) groups excluding carboxylic acids is 2. The van der Waals surface area contributed by atoms with E-state index in [4.69, 9.17) is 15.2 Å². The van der Waals surface area contributed by atoms with Crippen molar-refractivity contribution >= 4 is 11.9 Å². The van der Waals surface area contributed by atoms with Crippen LogP contribution in [0.25, 0.3) is 0 Å². The van der Waals surface area contributed by atoms with Gasteiger partial charge in [-0.3, -0.25) is 4.79 Å². The minimum atomic E-state index is -1.38. The van der Waals surface area contributed by atoms with E-state index >= 15 is 0 Å². The van der Waals surface area contributed by atoms with Gasteiger partial charge >= 0.3 is 11.9 Å². The predicted molar refractivity (Wildman–Crippen MR) is 78.0 cm³/mol. The maximum absolute atomic E-state index is 12.0. The average Bonchev–Trinajstić information content (AvgIpc) is 2.21. The molecule has 0 aromatic rings. The lowest BCUT2D eigenvalue weighted by Crippen LogP contribution is -2.49. The number of hydrogen-bond acceptors (Lipinski definition) is 5. The van der Waals surface area contributed by atoms with Gasteiger partial charge in [0.05, 0.1) is 0 Å². The van der Waals surface area contributed by atoms with Gasteiger partial charge in [0.2, 0.25) is 0 Å². The lowest BCUT2D eigenvalue weighted by molar-refractivity contribution is -0.161. The van der Waals surface area contributed by atoms with Gasteiger partial charge in [0.15, 0.2) is 0 Å². The summed E-state index contributed by atoms with van der Waals surface area (Å²) in [5.41, 5.74) is 3.37. The zero-order chi connectivity index (χ0) is 16.2. The quantitative estimate of drug-likeness (QED) is 0.619. The zero-order valence-electron chi connectivity index (χ0n) is 13.4. The average molecular weight is 285 g/mol. The maximum Gasteiger partial charge on any atom is 0.330 e. The van der Waals surface area contributed by atoms with Crippen molar-refractivity contribution in [3.05, 3.63) is 12.7 Å². The molecule has 0 rings (SSSR count). The first-order valence-electron chi connectivity index (χ1n) is 6.67. The van der Waals surface area contributed by atoms with E-state index in [2.05, 4.69) is 6.58 Å². The molecule has 0 saturated heterocycles. The minimum absolute atomic E-state index is 0.0268. The van der Waals surface area contributed by atoms with Crippen LogP contribution in [-0.4, -0.2) is 28.7 Å². The number of nitrogens with two attached hydrogens (primary N) is 1. The van der Waals surface area contributed by atoms with Crippen LogP contribution in [0.15, 0.2) is 12.7 Å². The summed E-state index contributed by atoms with van der Waals surface area (Å²) in [7, 11) is 0. The molecule has 1 atom stereocenters. The molecule has 0 unspecified atom stereocenters. The van der Waals surface area contributed by atoms with Gasteiger partial charge in [-0.05, 0) is 48.0 Å².